The first-order valence-corrected chi connectivity index (χ1v) is 8.47. The molecule has 0 aliphatic carbocycles. The molecule has 0 saturated carbocycles. The van der Waals surface area contributed by atoms with Gasteiger partial charge in [0.1, 0.15) is 5.82 Å². The fourth-order valence-corrected chi connectivity index (χ4v) is 3.12. The highest BCUT2D eigenvalue weighted by molar-refractivity contribution is 5.94. The van der Waals surface area contributed by atoms with Crippen molar-refractivity contribution in [1.29, 1.82) is 0 Å². The summed E-state index contributed by atoms with van der Waals surface area (Å²) in [5, 5.41) is 3.10. The lowest BCUT2D eigenvalue weighted by molar-refractivity contribution is 0.0930. The molecule has 0 unspecified atom stereocenters. The van der Waals surface area contributed by atoms with E-state index < -0.39 is 0 Å². The lowest BCUT2D eigenvalue weighted by Gasteiger charge is -2.33. The number of rotatable bonds is 3. The van der Waals surface area contributed by atoms with Gasteiger partial charge in [-0.15, -0.1) is 0 Å². The van der Waals surface area contributed by atoms with Crippen LogP contribution in [-0.4, -0.2) is 40.0 Å². The quantitative estimate of drug-likeness (QED) is 0.797. The zero-order valence-electron chi connectivity index (χ0n) is 13.8. The van der Waals surface area contributed by atoms with Gasteiger partial charge in [0.2, 0.25) is 0 Å². The van der Waals surface area contributed by atoms with Crippen molar-refractivity contribution in [2.45, 2.75) is 18.9 Å². The Morgan fingerprint density at radius 2 is 1.84 bits per heavy atom. The Morgan fingerprint density at radius 3 is 2.60 bits per heavy atom. The van der Waals surface area contributed by atoms with Gasteiger partial charge in [-0.05, 0) is 37.1 Å². The number of nitrogens with zero attached hydrogens (tertiary/aromatic N) is 4. The van der Waals surface area contributed by atoms with Gasteiger partial charge in [0, 0.05) is 31.5 Å². The van der Waals surface area contributed by atoms with Crippen molar-refractivity contribution < 1.29 is 4.79 Å². The first kappa shape index (κ1) is 15.5. The van der Waals surface area contributed by atoms with E-state index in [1.165, 1.54) is 0 Å². The highest BCUT2D eigenvalue weighted by atomic mass is 16.1. The van der Waals surface area contributed by atoms with Crippen LogP contribution in [0.1, 0.15) is 23.2 Å². The molecular formula is C19H19N5O. The van der Waals surface area contributed by atoms with Gasteiger partial charge in [0.05, 0.1) is 22.8 Å². The fourth-order valence-electron chi connectivity index (χ4n) is 3.12. The standard InChI is InChI=1S/C19H19N5O/c25-19(14-4-3-9-20-12-14)22-15-7-10-24(11-8-15)18-13-21-16-5-1-2-6-17(16)23-18/h1-6,9,12-13,15H,7-8,10-11H2,(H,22,25). The lowest BCUT2D eigenvalue weighted by atomic mass is 10.0. The number of hydrogen-bond donors (Lipinski definition) is 1. The Bertz CT molecular complexity index is 875. The van der Waals surface area contributed by atoms with Gasteiger partial charge in [-0.1, -0.05) is 12.1 Å². The zero-order valence-corrected chi connectivity index (χ0v) is 13.8. The van der Waals surface area contributed by atoms with Gasteiger partial charge >= 0.3 is 0 Å². The number of anilines is 1. The molecule has 25 heavy (non-hydrogen) atoms. The molecule has 2 aromatic heterocycles. The van der Waals surface area contributed by atoms with Crippen molar-refractivity contribution in [3.63, 3.8) is 0 Å². The van der Waals surface area contributed by atoms with E-state index in [4.69, 9.17) is 4.98 Å². The average molecular weight is 333 g/mol. The van der Waals surface area contributed by atoms with Gasteiger partial charge in [0.25, 0.3) is 5.91 Å². The van der Waals surface area contributed by atoms with E-state index in [2.05, 4.69) is 20.2 Å². The molecule has 1 N–H and O–H groups in total. The number of fused-ring (bicyclic) bond motifs is 1. The summed E-state index contributed by atoms with van der Waals surface area (Å²) in [5.41, 5.74) is 2.42. The van der Waals surface area contributed by atoms with E-state index in [0.717, 1.165) is 42.8 Å². The second-order valence-electron chi connectivity index (χ2n) is 6.19. The molecular weight excluding hydrogens is 314 g/mol. The van der Waals surface area contributed by atoms with Crippen molar-refractivity contribution in [3.05, 3.63) is 60.6 Å². The number of nitrogens with one attached hydrogen (secondary N) is 1. The maximum atomic E-state index is 12.2. The van der Waals surface area contributed by atoms with Crippen molar-refractivity contribution in [3.8, 4) is 0 Å². The smallest absolute Gasteiger partial charge is 0.253 e. The molecule has 4 rings (SSSR count). The van der Waals surface area contributed by atoms with E-state index in [1.807, 2.05) is 30.5 Å². The van der Waals surface area contributed by atoms with Gasteiger partial charge < -0.3 is 10.2 Å². The summed E-state index contributed by atoms with van der Waals surface area (Å²) < 4.78 is 0. The molecule has 1 fully saturated rings. The predicted molar refractivity (Wildman–Crippen MR) is 96.5 cm³/mol. The number of benzene rings is 1. The Labute approximate surface area is 145 Å². The Balaban J connectivity index is 1.38. The minimum Gasteiger partial charge on any atom is -0.355 e. The van der Waals surface area contributed by atoms with Gasteiger partial charge in [0.15, 0.2) is 0 Å². The molecule has 0 bridgehead atoms. The van der Waals surface area contributed by atoms with Crippen LogP contribution in [0.5, 0.6) is 0 Å². The largest absolute Gasteiger partial charge is 0.355 e. The molecule has 1 saturated heterocycles. The van der Waals surface area contributed by atoms with Gasteiger partial charge in [-0.25, -0.2) is 4.98 Å². The van der Waals surface area contributed by atoms with E-state index in [0.29, 0.717) is 5.56 Å². The minimum absolute atomic E-state index is 0.0583. The van der Waals surface area contributed by atoms with Gasteiger partial charge in [-0.2, -0.15) is 0 Å². The molecule has 1 aliphatic rings. The van der Waals surface area contributed by atoms with Crippen LogP contribution in [0, 0.1) is 0 Å². The first-order valence-electron chi connectivity index (χ1n) is 8.47. The fraction of sp³-hybridized carbons (Fsp3) is 0.263. The molecule has 0 radical (unpaired) electrons. The normalized spacial score (nSPS) is 15.3. The topological polar surface area (TPSA) is 71.0 Å². The number of carbonyl (C=O) groups is 1. The third kappa shape index (κ3) is 3.42. The molecule has 0 atom stereocenters. The number of carbonyl (C=O) groups excluding carboxylic acids is 1. The Kier molecular flexibility index (Phi) is 4.24. The summed E-state index contributed by atoms with van der Waals surface area (Å²) in [6.45, 7) is 1.70. The second-order valence-corrected chi connectivity index (χ2v) is 6.19. The summed E-state index contributed by atoms with van der Waals surface area (Å²) in [6.07, 6.45) is 6.87. The van der Waals surface area contributed by atoms with Crippen LogP contribution in [0.2, 0.25) is 0 Å². The van der Waals surface area contributed by atoms with E-state index in [-0.39, 0.29) is 11.9 Å². The number of piperidine rings is 1. The third-order valence-corrected chi connectivity index (χ3v) is 4.51. The summed E-state index contributed by atoms with van der Waals surface area (Å²) in [5.74, 6) is 0.841. The second kappa shape index (κ2) is 6.84. The summed E-state index contributed by atoms with van der Waals surface area (Å²) in [6, 6.07) is 11.6. The summed E-state index contributed by atoms with van der Waals surface area (Å²) >= 11 is 0. The van der Waals surface area contributed by atoms with Crippen LogP contribution < -0.4 is 10.2 Å². The molecule has 3 aromatic rings. The molecule has 6 heteroatoms. The zero-order chi connectivity index (χ0) is 17.1. The SMILES string of the molecule is O=C(NC1CCN(c2cnc3ccccc3n2)CC1)c1cccnc1. The molecule has 0 spiro atoms. The lowest BCUT2D eigenvalue weighted by Crippen LogP contribution is -2.45. The average Bonchev–Trinajstić information content (AvgIpc) is 2.69. The van der Waals surface area contributed by atoms with E-state index in [9.17, 15) is 4.79 Å². The van der Waals surface area contributed by atoms with Crippen LogP contribution in [0.3, 0.4) is 0 Å². The van der Waals surface area contributed by atoms with Crippen molar-refractivity contribution in [2.75, 3.05) is 18.0 Å². The van der Waals surface area contributed by atoms with Crippen molar-refractivity contribution in [1.82, 2.24) is 20.3 Å². The Morgan fingerprint density at radius 1 is 1.04 bits per heavy atom. The number of aromatic nitrogens is 3. The summed E-state index contributed by atoms with van der Waals surface area (Å²) in [4.78, 5) is 27.6. The molecule has 3 heterocycles. The number of pyridine rings is 1. The number of hydrogen-bond acceptors (Lipinski definition) is 5. The number of para-hydroxylation sites is 2. The first-order chi connectivity index (χ1) is 12.3. The van der Waals surface area contributed by atoms with Crippen LogP contribution >= 0.6 is 0 Å². The monoisotopic (exact) mass is 333 g/mol. The molecule has 1 aromatic carbocycles. The summed E-state index contributed by atoms with van der Waals surface area (Å²) in [7, 11) is 0. The van der Waals surface area contributed by atoms with E-state index >= 15 is 0 Å². The molecule has 6 nitrogen and oxygen atoms in total. The minimum atomic E-state index is -0.0583. The van der Waals surface area contributed by atoms with Gasteiger partial charge in [-0.3, -0.25) is 14.8 Å². The maximum absolute atomic E-state index is 12.2. The van der Waals surface area contributed by atoms with E-state index in [1.54, 1.807) is 24.5 Å². The molecule has 1 aliphatic heterocycles. The molecule has 126 valence electrons. The highest BCUT2D eigenvalue weighted by Crippen LogP contribution is 2.20. The van der Waals surface area contributed by atoms with Crippen LogP contribution in [-0.2, 0) is 0 Å². The van der Waals surface area contributed by atoms with Crippen molar-refractivity contribution >= 4 is 22.8 Å². The third-order valence-electron chi connectivity index (χ3n) is 4.51. The highest BCUT2D eigenvalue weighted by Gasteiger charge is 2.22. The van der Waals surface area contributed by atoms with Crippen molar-refractivity contribution in [2.24, 2.45) is 0 Å². The number of amides is 1. The predicted octanol–water partition coefficient (Wildman–Crippen LogP) is 2.42. The van der Waals surface area contributed by atoms with Crippen LogP contribution in [0.15, 0.2) is 55.0 Å². The Hall–Kier alpha value is -3.02. The van der Waals surface area contributed by atoms with Crippen LogP contribution in [0.25, 0.3) is 11.0 Å². The molecule has 1 amide bonds. The maximum Gasteiger partial charge on any atom is 0.253 e. The van der Waals surface area contributed by atoms with Crippen LogP contribution in [0.4, 0.5) is 5.82 Å².